The zero-order chi connectivity index (χ0) is 14.4. The second-order valence-electron chi connectivity index (χ2n) is 4.95. The van der Waals surface area contributed by atoms with Gasteiger partial charge in [-0.05, 0) is 30.5 Å². The molecule has 0 saturated carbocycles. The van der Waals surface area contributed by atoms with Gasteiger partial charge in [-0.25, -0.2) is 5.48 Å². The zero-order valence-electron chi connectivity index (χ0n) is 11.4. The van der Waals surface area contributed by atoms with Gasteiger partial charge < -0.3 is 5.32 Å². The lowest BCUT2D eigenvalue weighted by molar-refractivity contribution is -0.122. The molecular formula is C14H20N2O3. The van der Waals surface area contributed by atoms with Crippen LogP contribution >= 0.6 is 0 Å². The van der Waals surface area contributed by atoms with E-state index >= 15 is 0 Å². The van der Waals surface area contributed by atoms with Crippen LogP contribution in [-0.2, 0) is 4.79 Å². The molecule has 1 aromatic carbocycles. The molecule has 0 bridgehead atoms. The van der Waals surface area contributed by atoms with Crippen molar-refractivity contribution in [1.82, 2.24) is 10.8 Å². The molecule has 19 heavy (non-hydrogen) atoms. The number of rotatable bonds is 5. The Morgan fingerprint density at radius 1 is 1.16 bits per heavy atom. The molecule has 0 aliphatic rings. The van der Waals surface area contributed by atoms with Gasteiger partial charge in [0.05, 0.1) is 6.04 Å². The van der Waals surface area contributed by atoms with Crippen LogP contribution in [0.4, 0.5) is 0 Å². The van der Waals surface area contributed by atoms with Gasteiger partial charge in [0.25, 0.3) is 5.91 Å². The normalized spacial score (nSPS) is 12.1. The molecule has 2 amide bonds. The maximum absolute atomic E-state index is 11.7. The average molecular weight is 264 g/mol. The molecule has 5 heteroatoms. The van der Waals surface area contributed by atoms with Crippen LogP contribution < -0.4 is 10.8 Å². The van der Waals surface area contributed by atoms with Gasteiger partial charge in [-0.3, -0.25) is 14.8 Å². The van der Waals surface area contributed by atoms with Crippen LogP contribution in [0.15, 0.2) is 24.3 Å². The highest BCUT2D eigenvalue weighted by Crippen LogP contribution is 2.14. The molecule has 1 aromatic rings. The van der Waals surface area contributed by atoms with Crippen LogP contribution in [0.25, 0.3) is 0 Å². The van der Waals surface area contributed by atoms with Crippen molar-refractivity contribution in [2.45, 2.75) is 33.2 Å². The summed E-state index contributed by atoms with van der Waals surface area (Å²) in [6.45, 7) is 5.87. The summed E-state index contributed by atoms with van der Waals surface area (Å²) in [6.07, 6.45) is 0.495. The van der Waals surface area contributed by atoms with Crippen LogP contribution in [0, 0.1) is 5.92 Å². The maximum atomic E-state index is 11.7. The van der Waals surface area contributed by atoms with E-state index in [0.717, 1.165) is 5.56 Å². The molecule has 3 N–H and O–H groups in total. The lowest BCUT2D eigenvalue weighted by atomic mass is 10.0. The average Bonchev–Trinajstić information content (AvgIpc) is 2.36. The first kappa shape index (κ1) is 15.2. The van der Waals surface area contributed by atoms with Gasteiger partial charge in [-0.15, -0.1) is 0 Å². The SMILES string of the molecule is CC(C)CC(=O)NC(C)c1ccc(C(=O)NO)cc1. The monoisotopic (exact) mass is 264 g/mol. The fourth-order valence-electron chi connectivity index (χ4n) is 1.74. The number of carbonyl (C=O) groups excluding carboxylic acids is 2. The smallest absolute Gasteiger partial charge is 0.274 e. The number of hydrogen-bond acceptors (Lipinski definition) is 3. The van der Waals surface area contributed by atoms with Gasteiger partial charge in [0.1, 0.15) is 0 Å². The van der Waals surface area contributed by atoms with Gasteiger partial charge >= 0.3 is 0 Å². The summed E-state index contributed by atoms with van der Waals surface area (Å²) >= 11 is 0. The van der Waals surface area contributed by atoms with Crippen LogP contribution in [0.1, 0.15) is 49.2 Å². The van der Waals surface area contributed by atoms with Gasteiger partial charge in [0.15, 0.2) is 0 Å². The summed E-state index contributed by atoms with van der Waals surface area (Å²) in [5.74, 6) is -0.217. The minimum absolute atomic E-state index is 0.0136. The fraction of sp³-hybridized carbons (Fsp3) is 0.429. The van der Waals surface area contributed by atoms with E-state index in [-0.39, 0.29) is 11.9 Å². The summed E-state index contributed by atoms with van der Waals surface area (Å²) in [5.41, 5.74) is 2.85. The first-order valence-electron chi connectivity index (χ1n) is 6.27. The summed E-state index contributed by atoms with van der Waals surface area (Å²) in [7, 11) is 0. The summed E-state index contributed by atoms with van der Waals surface area (Å²) < 4.78 is 0. The van der Waals surface area contributed by atoms with Crippen molar-refractivity contribution in [2.75, 3.05) is 0 Å². The molecule has 1 unspecified atom stereocenters. The molecule has 0 aromatic heterocycles. The third-order valence-electron chi connectivity index (χ3n) is 2.75. The van der Waals surface area contributed by atoms with Gasteiger partial charge in [-0.2, -0.15) is 0 Å². The highest BCUT2D eigenvalue weighted by molar-refractivity contribution is 5.93. The van der Waals surface area contributed by atoms with Gasteiger partial charge in [0.2, 0.25) is 5.91 Å². The maximum Gasteiger partial charge on any atom is 0.274 e. The molecular weight excluding hydrogens is 244 g/mol. The molecule has 0 aliphatic heterocycles. The Labute approximate surface area is 113 Å². The van der Waals surface area contributed by atoms with E-state index in [9.17, 15) is 9.59 Å². The molecule has 0 spiro atoms. The second kappa shape index (κ2) is 6.89. The lowest BCUT2D eigenvalue weighted by Crippen LogP contribution is -2.27. The molecule has 0 radical (unpaired) electrons. The van der Waals surface area contributed by atoms with Crippen molar-refractivity contribution in [2.24, 2.45) is 5.92 Å². The van der Waals surface area contributed by atoms with Crippen LogP contribution in [-0.4, -0.2) is 17.0 Å². The Morgan fingerprint density at radius 3 is 2.21 bits per heavy atom. The molecule has 1 rings (SSSR count). The Kier molecular flexibility index (Phi) is 5.51. The standard InChI is InChI=1S/C14H20N2O3/c1-9(2)8-13(17)15-10(3)11-4-6-12(7-5-11)14(18)16-19/h4-7,9-10,19H,8H2,1-3H3,(H,15,17)(H,16,18). The van der Waals surface area contributed by atoms with Crippen molar-refractivity contribution in [3.8, 4) is 0 Å². The van der Waals surface area contributed by atoms with Crippen molar-refractivity contribution in [3.63, 3.8) is 0 Å². The van der Waals surface area contributed by atoms with Crippen molar-refractivity contribution >= 4 is 11.8 Å². The van der Waals surface area contributed by atoms with Crippen LogP contribution in [0.2, 0.25) is 0 Å². The van der Waals surface area contributed by atoms with E-state index in [0.29, 0.717) is 17.9 Å². The number of hydrogen-bond donors (Lipinski definition) is 3. The Morgan fingerprint density at radius 2 is 1.74 bits per heavy atom. The lowest BCUT2D eigenvalue weighted by Gasteiger charge is -2.15. The third kappa shape index (κ3) is 4.71. The molecule has 0 saturated heterocycles. The van der Waals surface area contributed by atoms with E-state index in [2.05, 4.69) is 5.32 Å². The van der Waals surface area contributed by atoms with Gasteiger partial charge in [-0.1, -0.05) is 26.0 Å². The predicted octanol–water partition coefficient (Wildman–Crippen LogP) is 2.03. The number of nitrogens with one attached hydrogen (secondary N) is 2. The van der Waals surface area contributed by atoms with Crippen molar-refractivity contribution < 1.29 is 14.8 Å². The van der Waals surface area contributed by atoms with E-state index in [1.807, 2.05) is 20.8 Å². The van der Waals surface area contributed by atoms with E-state index in [4.69, 9.17) is 5.21 Å². The van der Waals surface area contributed by atoms with Crippen LogP contribution in [0.3, 0.4) is 0 Å². The summed E-state index contributed by atoms with van der Waals surface area (Å²) in [4.78, 5) is 22.8. The predicted molar refractivity (Wildman–Crippen MR) is 71.7 cm³/mol. The zero-order valence-corrected chi connectivity index (χ0v) is 11.4. The molecule has 1 atom stereocenters. The molecule has 104 valence electrons. The molecule has 0 fully saturated rings. The van der Waals surface area contributed by atoms with E-state index < -0.39 is 5.91 Å². The summed E-state index contributed by atoms with van der Waals surface area (Å²) in [6, 6.07) is 6.60. The fourth-order valence-corrected chi connectivity index (χ4v) is 1.74. The number of hydroxylamine groups is 1. The highest BCUT2D eigenvalue weighted by atomic mass is 16.5. The van der Waals surface area contributed by atoms with Crippen molar-refractivity contribution in [3.05, 3.63) is 35.4 Å². The van der Waals surface area contributed by atoms with E-state index in [1.165, 1.54) is 0 Å². The largest absolute Gasteiger partial charge is 0.350 e. The third-order valence-corrected chi connectivity index (χ3v) is 2.75. The first-order valence-corrected chi connectivity index (χ1v) is 6.27. The topological polar surface area (TPSA) is 78.4 Å². The Balaban J connectivity index is 2.65. The molecule has 0 heterocycles. The quantitative estimate of drug-likeness (QED) is 0.562. The Bertz CT molecular complexity index is 441. The number of amides is 2. The highest BCUT2D eigenvalue weighted by Gasteiger charge is 2.11. The first-order chi connectivity index (χ1) is 8.93. The van der Waals surface area contributed by atoms with Gasteiger partial charge in [0, 0.05) is 12.0 Å². The molecule has 0 aliphatic carbocycles. The number of benzene rings is 1. The minimum Gasteiger partial charge on any atom is -0.350 e. The number of carbonyl (C=O) groups is 2. The second-order valence-corrected chi connectivity index (χ2v) is 4.95. The van der Waals surface area contributed by atoms with Crippen molar-refractivity contribution in [1.29, 1.82) is 0 Å². The Hall–Kier alpha value is -1.88. The minimum atomic E-state index is -0.553. The van der Waals surface area contributed by atoms with Crippen LogP contribution in [0.5, 0.6) is 0 Å². The molecule has 5 nitrogen and oxygen atoms in total. The van der Waals surface area contributed by atoms with E-state index in [1.54, 1.807) is 29.7 Å². The summed E-state index contributed by atoms with van der Waals surface area (Å²) in [5, 5.41) is 11.4.